The fourth-order valence-electron chi connectivity index (χ4n) is 3.85. The number of hydrogen-bond acceptors (Lipinski definition) is 4. The van der Waals surface area contributed by atoms with Crippen molar-refractivity contribution in [2.24, 2.45) is 17.6 Å². The number of amides is 1. The Bertz CT molecular complexity index is 537. The van der Waals surface area contributed by atoms with E-state index in [9.17, 15) is 4.79 Å². The maximum Gasteiger partial charge on any atom is 0.227 e. The van der Waals surface area contributed by atoms with Gasteiger partial charge in [-0.15, -0.1) is 0 Å². The second-order valence-corrected chi connectivity index (χ2v) is 7.41. The van der Waals surface area contributed by atoms with Gasteiger partial charge in [-0.25, -0.2) is 0 Å². The van der Waals surface area contributed by atoms with E-state index >= 15 is 0 Å². The molecule has 1 aromatic carbocycles. The van der Waals surface area contributed by atoms with Gasteiger partial charge in [-0.05, 0) is 24.3 Å². The number of rotatable bonds is 5. The van der Waals surface area contributed by atoms with Gasteiger partial charge in [0.1, 0.15) is 0 Å². The summed E-state index contributed by atoms with van der Waals surface area (Å²) >= 11 is 0. The lowest BCUT2D eigenvalue weighted by Gasteiger charge is -2.38. The molecule has 2 fully saturated rings. The van der Waals surface area contributed by atoms with E-state index in [4.69, 9.17) is 10.5 Å². The summed E-state index contributed by atoms with van der Waals surface area (Å²) in [7, 11) is 0. The molecular formula is C20H31N3O2. The normalized spacial score (nSPS) is 22.6. The fourth-order valence-corrected chi connectivity index (χ4v) is 3.85. The van der Waals surface area contributed by atoms with E-state index < -0.39 is 0 Å². The molecule has 25 heavy (non-hydrogen) atoms. The van der Waals surface area contributed by atoms with Gasteiger partial charge < -0.3 is 15.4 Å². The molecule has 1 aromatic rings. The smallest absolute Gasteiger partial charge is 0.227 e. The number of hydrogen-bond donors (Lipinski definition) is 1. The molecule has 0 saturated carbocycles. The first kappa shape index (κ1) is 18.4. The standard InChI is InChI=1S/C20H31N3O2/c1-16(19(21)18-5-3-2-4-6-18)20(24)23-11-9-22(10-12-23)15-17-7-13-25-14-8-17/h2-6,16-17,19H,7-15,21H2,1H3. The van der Waals surface area contributed by atoms with Gasteiger partial charge in [0.2, 0.25) is 5.91 Å². The Kier molecular flexibility index (Phi) is 6.45. The van der Waals surface area contributed by atoms with E-state index in [1.54, 1.807) is 0 Å². The monoisotopic (exact) mass is 345 g/mol. The Hall–Kier alpha value is -1.43. The van der Waals surface area contributed by atoms with Crippen molar-refractivity contribution in [1.82, 2.24) is 9.80 Å². The lowest BCUT2D eigenvalue weighted by atomic mass is 9.94. The molecule has 2 unspecified atom stereocenters. The highest BCUT2D eigenvalue weighted by atomic mass is 16.5. The Balaban J connectivity index is 1.47. The van der Waals surface area contributed by atoms with Crippen LogP contribution in [0.25, 0.3) is 0 Å². The van der Waals surface area contributed by atoms with E-state index in [1.807, 2.05) is 42.2 Å². The number of benzene rings is 1. The van der Waals surface area contributed by atoms with Crippen LogP contribution in [0.15, 0.2) is 30.3 Å². The average molecular weight is 345 g/mol. The van der Waals surface area contributed by atoms with Crippen molar-refractivity contribution in [2.45, 2.75) is 25.8 Å². The zero-order valence-corrected chi connectivity index (χ0v) is 15.3. The van der Waals surface area contributed by atoms with Gasteiger partial charge in [0.25, 0.3) is 0 Å². The van der Waals surface area contributed by atoms with Gasteiger partial charge in [-0.1, -0.05) is 37.3 Å². The summed E-state index contributed by atoms with van der Waals surface area (Å²) < 4.78 is 5.44. The van der Waals surface area contributed by atoms with E-state index in [-0.39, 0.29) is 17.9 Å². The second-order valence-electron chi connectivity index (χ2n) is 7.41. The lowest BCUT2D eigenvalue weighted by molar-refractivity contribution is -0.137. The van der Waals surface area contributed by atoms with Crippen molar-refractivity contribution in [2.75, 3.05) is 45.9 Å². The van der Waals surface area contributed by atoms with Gasteiger partial charge in [0, 0.05) is 52.0 Å². The third-order valence-corrected chi connectivity index (χ3v) is 5.65. The summed E-state index contributed by atoms with van der Waals surface area (Å²) in [5, 5.41) is 0. The summed E-state index contributed by atoms with van der Waals surface area (Å²) in [5.74, 6) is 0.743. The molecule has 0 bridgehead atoms. The Morgan fingerprint density at radius 2 is 1.80 bits per heavy atom. The third-order valence-electron chi connectivity index (χ3n) is 5.65. The van der Waals surface area contributed by atoms with Crippen LogP contribution in [0.5, 0.6) is 0 Å². The zero-order valence-electron chi connectivity index (χ0n) is 15.3. The van der Waals surface area contributed by atoms with Gasteiger partial charge in [0.15, 0.2) is 0 Å². The van der Waals surface area contributed by atoms with Gasteiger partial charge in [-0.3, -0.25) is 9.69 Å². The van der Waals surface area contributed by atoms with Crippen LogP contribution >= 0.6 is 0 Å². The molecule has 0 radical (unpaired) electrons. The first-order valence-corrected chi connectivity index (χ1v) is 9.54. The summed E-state index contributed by atoms with van der Waals surface area (Å²) in [6.45, 7) is 8.46. The summed E-state index contributed by atoms with van der Waals surface area (Å²) in [4.78, 5) is 17.3. The van der Waals surface area contributed by atoms with Crippen LogP contribution in [0, 0.1) is 11.8 Å². The fraction of sp³-hybridized carbons (Fsp3) is 0.650. The van der Waals surface area contributed by atoms with Crippen molar-refractivity contribution in [3.63, 3.8) is 0 Å². The summed E-state index contributed by atoms with van der Waals surface area (Å²) in [6, 6.07) is 9.68. The van der Waals surface area contributed by atoms with Gasteiger partial charge >= 0.3 is 0 Å². The zero-order chi connectivity index (χ0) is 17.6. The van der Waals surface area contributed by atoms with Crippen molar-refractivity contribution in [1.29, 1.82) is 0 Å². The highest BCUT2D eigenvalue weighted by Crippen LogP contribution is 2.22. The van der Waals surface area contributed by atoms with Crippen LogP contribution in [0.3, 0.4) is 0 Å². The number of nitrogens with zero attached hydrogens (tertiary/aromatic N) is 2. The van der Waals surface area contributed by atoms with Crippen molar-refractivity contribution >= 4 is 5.91 Å². The maximum atomic E-state index is 12.8. The molecule has 0 aliphatic carbocycles. The first-order valence-electron chi connectivity index (χ1n) is 9.54. The third kappa shape index (κ3) is 4.81. The maximum absolute atomic E-state index is 12.8. The van der Waals surface area contributed by atoms with E-state index in [1.165, 1.54) is 12.8 Å². The van der Waals surface area contributed by atoms with Gasteiger partial charge in [-0.2, -0.15) is 0 Å². The van der Waals surface area contributed by atoms with Crippen molar-refractivity contribution in [3.05, 3.63) is 35.9 Å². The molecule has 2 atom stereocenters. The molecular weight excluding hydrogens is 314 g/mol. The molecule has 5 nitrogen and oxygen atoms in total. The number of piperazine rings is 1. The molecule has 0 aromatic heterocycles. The summed E-state index contributed by atoms with van der Waals surface area (Å²) in [5.41, 5.74) is 7.36. The lowest BCUT2D eigenvalue weighted by Crippen LogP contribution is -2.52. The van der Waals surface area contributed by atoms with Crippen LogP contribution < -0.4 is 5.73 Å². The minimum absolute atomic E-state index is 0.182. The molecule has 3 rings (SSSR count). The van der Waals surface area contributed by atoms with Crippen LogP contribution in [-0.2, 0) is 9.53 Å². The highest BCUT2D eigenvalue weighted by molar-refractivity contribution is 5.79. The SMILES string of the molecule is CC(C(=O)N1CCN(CC2CCOCC2)CC1)C(N)c1ccccc1. The second kappa shape index (κ2) is 8.79. The summed E-state index contributed by atoms with van der Waals surface area (Å²) in [6.07, 6.45) is 2.34. The van der Waals surface area contributed by atoms with Crippen LogP contribution in [0.2, 0.25) is 0 Å². The molecule has 5 heteroatoms. The van der Waals surface area contributed by atoms with Gasteiger partial charge in [0.05, 0.1) is 5.92 Å². The molecule has 2 saturated heterocycles. The molecule has 2 aliphatic heterocycles. The Morgan fingerprint density at radius 1 is 1.16 bits per heavy atom. The number of carbonyl (C=O) groups excluding carboxylic acids is 1. The largest absolute Gasteiger partial charge is 0.381 e. The molecule has 2 heterocycles. The highest BCUT2D eigenvalue weighted by Gasteiger charge is 2.29. The topological polar surface area (TPSA) is 58.8 Å². The molecule has 1 amide bonds. The van der Waals surface area contributed by atoms with Crippen molar-refractivity contribution in [3.8, 4) is 0 Å². The van der Waals surface area contributed by atoms with E-state index in [2.05, 4.69) is 4.90 Å². The minimum atomic E-state index is -0.242. The van der Waals surface area contributed by atoms with Crippen LogP contribution in [-0.4, -0.2) is 61.6 Å². The van der Waals surface area contributed by atoms with E-state index in [0.29, 0.717) is 0 Å². The predicted molar refractivity (Wildman–Crippen MR) is 99.1 cm³/mol. The average Bonchev–Trinajstić information content (AvgIpc) is 2.68. The minimum Gasteiger partial charge on any atom is -0.381 e. The number of nitrogens with two attached hydrogens (primary N) is 1. The quantitative estimate of drug-likeness (QED) is 0.885. The molecule has 2 aliphatic rings. The van der Waals surface area contributed by atoms with E-state index in [0.717, 1.165) is 57.4 Å². The molecule has 0 spiro atoms. The van der Waals surface area contributed by atoms with Crippen LogP contribution in [0.1, 0.15) is 31.4 Å². The van der Waals surface area contributed by atoms with Crippen molar-refractivity contribution < 1.29 is 9.53 Å². The Morgan fingerprint density at radius 3 is 2.44 bits per heavy atom. The predicted octanol–water partition coefficient (Wildman–Crippen LogP) is 1.89. The Labute approximate surface area is 151 Å². The molecule has 2 N–H and O–H groups in total. The first-order chi connectivity index (χ1) is 12.1. The molecule has 138 valence electrons. The number of ether oxygens (including phenoxy) is 1. The van der Waals surface area contributed by atoms with Crippen LogP contribution in [0.4, 0.5) is 0 Å². The number of carbonyl (C=O) groups is 1.